The quantitative estimate of drug-likeness (QED) is 0.706. The first kappa shape index (κ1) is 12.5. The molecule has 1 aromatic carbocycles. The van der Waals surface area contributed by atoms with Gasteiger partial charge in [-0.2, -0.15) is 0 Å². The van der Waals surface area contributed by atoms with Crippen molar-refractivity contribution in [3.8, 4) is 0 Å². The third kappa shape index (κ3) is 2.77. The zero-order chi connectivity index (χ0) is 13.5. The van der Waals surface area contributed by atoms with Crippen LogP contribution in [0.25, 0.3) is 0 Å². The van der Waals surface area contributed by atoms with Gasteiger partial charge in [0.2, 0.25) is 0 Å². The van der Waals surface area contributed by atoms with Crippen molar-refractivity contribution in [1.82, 2.24) is 4.90 Å². The number of nitrogens with zero attached hydrogens (tertiary/aromatic N) is 1. The molecule has 106 valence electrons. The maximum atomic E-state index is 4.40. The number of allylic oxidation sites excluding steroid dienone is 1. The van der Waals surface area contributed by atoms with Gasteiger partial charge in [-0.1, -0.05) is 36.9 Å². The van der Waals surface area contributed by atoms with Gasteiger partial charge in [0.15, 0.2) is 0 Å². The van der Waals surface area contributed by atoms with E-state index in [4.69, 9.17) is 0 Å². The molecule has 2 unspecified atom stereocenters. The molecule has 0 spiro atoms. The maximum Gasteiger partial charge on any atom is 0.0209 e. The highest BCUT2D eigenvalue weighted by molar-refractivity contribution is 5.26. The van der Waals surface area contributed by atoms with Crippen molar-refractivity contribution in [1.29, 1.82) is 0 Å². The van der Waals surface area contributed by atoms with Gasteiger partial charge in [-0.25, -0.2) is 0 Å². The third-order valence-corrected chi connectivity index (χ3v) is 5.24. The topological polar surface area (TPSA) is 3.24 Å². The van der Waals surface area contributed by atoms with Gasteiger partial charge in [-0.3, -0.25) is 0 Å². The Morgan fingerprint density at radius 3 is 2.45 bits per heavy atom. The number of rotatable bonds is 7. The lowest BCUT2D eigenvalue weighted by molar-refractivity contribution is 0.301. The lowest BCUT2D eigenvalue weighted by atomic mass is 10.1. The molecular weight excluding hydrogens is 242 g/mol. The second-order valence-corrected chi connectivity index (χ2v) is 7.13. The largest absolute Gasteiger partial charge is 0.374 e. The van der Waals surface area contributed by atoms with Gasteiger partial charge in [0.1, 0.15) is 0 Å². The van der Waals surface area contributed by atoms with Crippen molar-refractivity contribution < 1.29 is 0 Å². The van der Waals surface area contributed by atoms with Gasteiger partial charge in [0, 0.05) is 18.8 Å². The first-order valence-corrected chi connectivity index (χ1v) is 8.30. The molecule has 20 heavy (non-hydrogen) atoms. The summed E-state index contributed by atoms with van der Waals surface area (Å²) < 4.78 is 0. The van der Waals surface area contributed by atoms with E-state index in [2.05, 4.69) is 41.8 Å². The average molecular weight is 267 g/mol. The standard InChI is InChI=1S/C19H25N/c1-14(16-9-10-16)20(12-15-7-8-15)13-18-11-19(18)17-5-3-2-4-6-17/h2-6,15-16,18-19H,1,7-13H2. The van der Waals surface area contributed by atoms with Crippen molar-refractivity contribution >= 4 is 0 Å². The number of benzene rings is 1. The van der Waals surface area contributed by atoms with Crippen molar-refractivity contribution in [2.45, 2.75) is 38.0 Å². The molecule has 1 nitrogen and oxygen atoms in total. The summed E-state index contributed by atoms with van der Waals surface area (Å²) in [6.07, 6.45) is 7.03. The van der Waals surface area contributed by atoms with Gasteiger partial charge in [0.05, 0.1) is 0 Å². The van der Waals surface area contributed by atoms with Crippen molar-refractivity contribution in [3.63, 3.8) is 0 Å². The Hall–Kier alpha value is -1.24. The summed E-state index contributed by atoms with van der Waals surface area (Å²) in [5.74, 6) is 3.47. The molecule has 3 aliphatic carbocycles. The zero-order valence-electron chi connectivity index (χ0n) is 12.3. The molecule has 2 atom stereocenters. The van der Waals surface area contributed by atoms with Crippen LogP contribution in [0, 0.1) is 17.8 Å². The predicted molar refractivity (Wildman–Crippen MR) is 83.5 cm³/mol. The van der Waals surface area contributed by atoms with Crippen LogP contribution in [0.4, 0.5) is 0 Å². The summed E-state index contributed by atoms with van der Waals surface area (Å²) in [5.41, 5.74) is 3.00. The molecule has 0 bridgehead atoms. The van der Waals surface area contributed by atoms with Crippen LogP contribution in [0.2, 0.25) is 0 Å². The molecule has 0 aromatic heterocycles. The Balaban J connectivity index is 1.37. The number of hydrogen-bond acceptors (Lipinski definition) is 1. The van der Waals surface area contributed by atoms with E-state index in [9.17, 15) is 0 Å². The fourth-order valence-electron chi connectivity index (χ4n) is 3.44. The van der Waals surface area contributed by atoms with Crippen LogP contribution >= 0.6 is 0 Å². The van der Waals surface area contributed by atoms with E-state index in [1.807, 2.05) is 0 Å². The molecule has 1 aromatic rings. The van der Waals surface area contributed by atoms with Gasteiger partial charge >= 0.3 is 0 Å². The van der Waals surface area contributed by atoms with E-state index in [1.54, 1.807) is 5.56 Å². The molecular formula is C19H25N. The smallest absolute Gasteiger partial charge is 0.0209 e. The summed E-state index contributed by atoms with van der Waals surface area (Å²) in [5, 5.41) is 0. The Morgan fingerprint density at radius 2 is 1.80 bits per heavy atom. The second kappa shape index (κ2) is 4.95. The first-order chi connectivity index (χ1) is 9.81. The molecule has 4 rings (SSSR count). The summed E-state index contributed by atoms with van der Waals surface area (Å²) in [7, 11) is 0. The van der Waals surface area contributed by atoms with E-state index in [0.717, 1.165) is 23.7 Å². The SMILES string of the molecule is C=C(C1CC1)N(CC1CC1)CC1CC1c1ccccc1. The molecule has 3 aliphatic rings. The van der Waals surface area contributed by atoms with Crippen LogP contribution in [0.3, 0.4) is 0 Å². The third-order valence-electron chi connectivity index (χ3n) is 5.24. The molecule has 0 radical (unpaired) electrons. The maximum absolute atomic E-state index is 4.40. The fraction of sp³-hybridized carbons (Fsp3) is 0.579. The van der Waals surface area contributed by atoms with Crippen LogP contribution in [-0.2, 0) is 0 Å². The average Bonchev–Trinajstić information content (AvgIpc) is 3.34. The molecule has 3 fully saturated rings. The summed E-state index contributed by atoms with van der Waals surface area (Å²) in [6.45, 7) is 6.94. The Kier molecular flexibility index (Phi) is 3.09. The van der Waals surface area contributed by atoms with E-state index < -0.39 is 0 Å². The normalized spacial score (nSPS) is 28.2. The monoisotopic (exact) mass is 267 g/mol. The van der Waals surface area contributed by atoms with Gasteiger partial charge < -0.3 is 4.90 Å². The highest BCUT2D eigenvalue weighted by Crippen LogP contribution is 2.49. The molecule has 0 saturated heterocycles. The minimum Gasteiger partial charge on any atom is -0.374 e. The zero-order valence-corrected chi connectivity index (χ0v) is 12.3. The Labute approximate surface area is 122 Å². The minimum atomic E-state index is 0.810. The van der Waals surface area contributed by atoms with E-state index >= 15 is 0 Å². The van der Waals surface area contributed by atoms with Crippen LogP contribution in [-0.4, -0.2) is 18.0 Å². The lowest BCUT2D eigenvalue weighted by Crippen LogP contribution is -2.28. The first-order valence-electron chi connectivity index (χ1n) is 8.30. The molecule has 3 saturated carbocycles. The molecule has 0 N–H and O–H groups in total. The molecule has 0 heterocycles. The predicted octanol–water partition coefficient (Wildman–Crippen LogP) is 4.43. The molecule has 0 aliphatic heterocycles. The summed E-state index contributed by atoms with van der Waals surface area (Å²) >= 11 is 0. The van der Waals surface area contributed by atoms with Crippen LogP contribution in [0.5, 0.6) is 0 Å². The highest BCUT2D eigenvalue weighted by Gasteiger charge is 2.41. The Morgan fingerprint density at radius 1 is 1.05 bits per heavy atom. The van der Waals surface area contributed by atoms with Crippen molar-refractivity contribution in [2.75, 3.05) is 13.1 Å². The van der Waals surface area contributed by atoms with Crippen molar-refractivity contribution in [3.05, 3.63) is 48.2 Å². The summed E-state index contributed by atoms with van der Waals surface area (Å²) in [6, 6.07) is 11.1. The van der Waals surface area contributed by atoms with E-state index in [1.165, 1.54) is 50.9 Å². The second-order valence-electron chi connectivity index (χ2n) is 7.13. The van der Waals surface area contributed by atoms with Gasteiger partial charge in [-0.05, 0) is 61.3 Å². The van der Waals surface area contributed by atoms with Crippen LogP contribution < -0.4 is 0 Å². The van der Waals surface area contributed by atoms with Crippen LogP contribution in [0.15, 0.2) is 42.6 Å². The highest BCUT2D eigenvalue weighted by atomic mass is 15.2. The Bertz CT molecular complexity index is 484. The van der Waals surface area contributed by atoms with E-state index in [-0.39, 0.29) is 0 Å². The van der Waals surface area contributed by atoms with Gasteiger partial charge in [-0.15, -0.1) is 0 Å². The fourth-order valence-corrected chi connectivity index (χ4v) is 3.44. The number of hydrogen-bond donors (Lipinski definition) is 0. The van der Waals surface area contributed by atoms with Gasteiger partial charge in [0.25, 0.3) is 0 Å². The van der Waals surface area contributed by atoms with E-state index in [0.29, 0.717) is 0 Å². The van der Waals surface area contributed by atoms with Crippen LogP contribution in [0.1, 0.15) is 43.6 Å². The minimum absolute atomic E-state index is 0.810. The lowest BCUT2D eigenvalue weighted by Gasteiger charge is -2.27. The molecule has 1 heteroatoms. The summed E-state index contributed by atoms with van der Waals surface area (Å²) in [4.78, 5) is 2.66. The van der Waals surface area contributed by atoms with Crippen molar-refractivity contribution in [2.24, 2.45) is 17.8 Å². The molecule has 0 amide bonds.